The zero-order chi connectivity index (χ0) is 20.4. The number of nitrogens with zero attached hydrogens (tertiary/aromatic N) is 2. The summed E-state index contributed by atoms with van der Waals surface area (Å²) in [6, 6.07) is 18.6. The van der Waals surface area contributed by atoms with E-state index >= 15 is 0 Å². The lowest BCUT2D eigenvalue weighted by Crippen LogP contribution is -2.14. The number of carbonyl (C=O) groups excluding carboxylic acids is 1. The molecule has 0 aliphatic heterocycles. The first-order valence-corrected chi connectivity index (χ1v) is 8.73. The van der Waals surface area contributed by atoms with Gasteiger partial charge in [-0.15, -0.1) is 0 Å². The number of benzene rings is 3. The average Bonchev–Trinajstić information content (AvgIpc) is 2.73. The summed E-state index contributed by atoms with van der Waals surface area (Å²) >= 11 is 0. The van der Waals surface area contributed by atoms with Crippen molar-refractivity contribution in [2.75, 3.05) is 5.32 Å². The van der Waals surface area contributed by atoms with Crippen molar-refractivity contribution in [2.24, 2.45) is 0 Å². The number of amides is 1. The van der Waals surface area contributed by atoms with E-state index in [1.807, 2.05) is 12.1 Å². The summed E-state index contributed by atoms with van der Waals surface area (Å²) in [5.41, 5.74) is 1.35. The van der Waals surface area contributed by atoms with Crippen molar-refractivity contribution in [3.8, 4) is 11.1 Å². The molecule has 4 aromatic rings. The molecule has 0 radical (unpaired) electrons. The molecule has 7 heteroatoms. The van der Waals surface area contributed by atoms with Crippen LogP contribution in [0.2, 0.25) is 0 Å². The lowest BCUT2D eigenvalue weighted by atomic mass is 9.97. The fourth-order valence-electron chi connectivity index (χ4n) is 3.19. The van der Waals surface area contributed by atoms with Gasteiger partial charge in [0.2, 0.25) is 0 Å². The van der Waals surface area contributed by atoms with Crippen LogP contribution in [0.1, 0.15) is 10.4 Å². The number of anilines is 1. The minimum Gasteiger partial charge on any atom is -0.320 e. The van der Waals surface area contributed by atoms with Crippen molar-refractivity contribution in [2.45, 2.75) is 0 Å². The fraction of sp³-hybridized carbons (Fsp3) is 0. The van der Waals surface area contributed by atoms with E-state index in [1.165, 1.54) is 6.07 Å². The van der Waals surface area contributed by atoms with Gasteiger partial charge in [0.25, 0.3) is 11.6 Å². The minimum absolute atomic E-state index is 0.0387. The number of nitrogens with one attached hydrogen (secondary N) is 1. The number of nitro groups is 1. The second-order valence-electron chi connectivity index (χ2n) is 6.30. The number of para-hydroxylation sites is 1. The zero-order valence-corrected chi connectivity index (χ0v) is 15.0. The third-order valence-electron chi connectivity index (χ3n) is 4.50. The number of halogens is 1. The van der Waals surface area contributed by atoms with Crippen LogP contribution >= 0.6 is 0 Å². The second-order valence-corrected chi connectivity index (χ2v) is 6.30. The smallest absolute Gasteiger partial charge is 0.277 e. The fourth-order valence-corrected chi connectivity index (χ4v) is 3.19. The third-order valence-corrected chi connectivity index (χ3v) is 4.50. The predicted molar refractivity (Wildman–Crippen MR) is 108 cm³/mol. The molecule has 4 rings (SSSR count). The lowest BCUT2D eigenvalue weighted by Gasteiger charge is -2.12. The zero-order valence-electron chi connectivity index (χ0n) is 15.0. The summed E-state index contributed by atoms with van der Waals surface area (Å²) in [7, 11) is 0. The van der Waals surface area contributed by atoms with Crippen molar-refractivity contribution in [1.82, 2.24) is 4.98 Å². The number of rotatable bonds is 4. The van der Waals surface area contributed by atoms with Gasteiger partial charge in [0.05, 0.1) is 21.7 Å². The van der Waals surface area contributed by atoms with E-state index in [9.17, 15) is 19.3 Å². The number of hydrogen-bond donors (Lipinski definition) is 1. The van der Waals surface area contributed by atoms with Crippen molar-refractivity contribution in [3.63, 3.8) is 0 Å². The van der Waals surface area contributed by atoms with Gasteiger partial charge >= 0.3 is 0 Å². The standard InChI is InChI=1S/C22H14FN3O3/c23-15-10-11-20(26(28)29)18(13-15)16-7-1-2-8-17(16)22(27)25-19-9-3-5-14-6-4-12-24-21(14)19/h1-13H,(H,25,27). The maximum atomic E-state index is 13.8. The molecule has 0 fully saturated rings. The van der Waals surface area contributed by atoms with E-state index in [4.69, 9.17) is 0 Å². The highest BCUT2D eigenvalue weighted by Crippen LogP contribution is 2.33. The van der Waals surface area contributed by atoms with Crippen LogP contribution in [0.15, 0.2) is 79.0 Å². The number of carbonyl (C=O) groups is 1. The molecule has 0 saturated heterocycles. The quantitative estimate of drug-likeness (QED) is 0.385. The van der Waals surface area contributed by atoms with Gasteiger partial charge in [-0.25, -0.2) is 4.39 Å². The van der Waals surface area contributed by atoms with Gasteiger partial charge in [-0.05, 0) is 30.3 Å². The van der Waals surface area contributed by atoms with E-state index < -0.39 is 16.6 Å². The van der Waals surface area contributed by atoms with Crippen LogP contribution in [0.5, 0.6) is 0 Å². The van der Waals surface area contributed by atoms with Crippen LogP contribution in [0.3, 0.4) is 0 Å². The topological polar surface area (TPSA) is 85.1 Å². The SMILES string of the molecule is O=C(Nc1cccc2cccnc12)c1ccccc1-c1cc(F)ccc1[N+](=O)[O-]. The van der Waals surface area contributed by atoms with Crippen molar-refractivity contribution in [1.29, 1.82) is 0 Å². The number of fused-ring (bicyclic) bond motifs is 1. The summed E-state index contributed by atoms with van der Waals surface area (Å²) in [5.74, 6) is -1.10. The molecule has 0 aliphatic carbocycles. The minimum atomic E-state index is -0.626. The van der Waals surface area contributed by atoms with Crippen LogP contribution in [-0.2, 0) is 0 Å². The normalized spacial score (nSPS) is 10.7. The van der Waals surface area contributed by atoms with E-state index in [2.05, 4.69) is 10.3 Å². The summed E-state index contributed by atoms with van der Waals surface area (Å²) < 4.78 is 13.8. The molecular formula is C22H14FN3O3. The highest BCUT2D eigenvalue weighted by atomic mass is 19.1. The van der Waals surface area contributed by atoms with Crippen LogP contribution in [0.4, 0.5) is 15.8 Å². The van der Waals surface area contributed by atoms with Crippen molar-refractivity contribution in [3.05, 3.63) is 100 Å². The lowest BCUT2D eigenvalue weighted by molar-refractivity contribution is -0.384. The van der Waals surface area contributed by atoms with E-state index in [1.54, 1.807) is 42.6 Å². The Balaban J connectivity index is 1.79. The highest BCUT2D eigenvalue weighted by Gasteiger charge is 2.21. The van der Waals surface area contributed by atoms with Gasteiger partial charge in [0.15, 0.2) is 0 Å². The molecule has 1 heterocycles. The van der Waals surface area contributed by atoms with Crippen molar-refractivity contribution >= 4 is 28.2 Å². The molecular weight excluding hydrogens is 373 g/mol. The molecule has 1 N–H and O–H groups in total. The molecule has 0 bridgehead atoms. The van der Waals surface area contributed by atoms with Crippen molar-refractivity contribution < 1.29 is 14.1 Å². The molecule has 142 valence electrons. The Bertz CT molecular complexity index is 1250. The molecule has 29 heavy (non-hydrogen) atoms. The Morgan fingerprint density at radius 2 is 1.76 bits per heavy atom. The van der Waals surface area contributed by atoms with Crippen LogP contribution in [0, 0.1) is 15.9 Å². The molecule has 0 spiro atoms. The molecule has 0 unspecified atom stereocenters. The average molecular weight is 387 g/mol. The second kappa shape index (κ2) is 7.47. The molecule has 3 aromatic carbocycles. The molecule has 0 atom stereocenters. The van der Waals surface area contributed by atoms with Gasteiger partial charge in [0, 0.05) is 28.8 Å². The third kappa shape index (κ3) is 3.53. The first-order valence-electron chi connectivity index (χ1n) is 8.73. The first kappa shape index (κ1) is 18.2. The van der Waals surface area contributed by atoms with E-state index in [0.29, 0.717) is 11.2 Å². The molecule has 1 aromatic heterocycles. The Hall–Kier alpha value is -4.13. The predicted octanol–water partition coefficient (Wildman–Crippen LogP) is 5.20. The van der Waals surface area contributed by atoms with Gasteiger partial charge in [0.1, 0.15) is 5.82 Å². The van der Waals surface area contributed by atoms with Crippen LogP contribution < -0.4 is 5.32 Å². The molecule has 0 aliphatic rings. The van der Waals surface area contributed by atoms with Gasteiger partial charge in [-0.2, -0.15) is 0 Å². The maximum Gasteiger partial charge on any atom is 0.277 e. The van der Waals surface area contributed by atoms with Gasteiger partial charge in [-0.1, -0.05) is 36.4 Å². The summed E-state index contributed by atoms with van der Waals surface area (Å²) in [6.07, 6.45) is 1.63. The Morgan fingerprint density at radius 3 is 2.59 bits per heavy atom. The van der Waals surface area contributed by atoms with Gasteiger partial charge < -0.3 is 5.32 Å². The molecule has 1 amide bonds. The monoisotopic (exact) mass is 387 g/mol. The summed E-state index contributed by atoms with van der Waals surface area (Å²) in [6.45, 7) is 0. The van der Waals surface area contributed by atoms with E-state index in [0.717, 1.165) is 23.6 Å². The van der Waals surface area contributed by atoms with Crippen LogP contribution in [-0.4, -0.2) is 15.8 Å². The molecule has 6 nitrogen and oxygen atoms in total. The maximum absolute atomic E-state index is 13.8. The Morgan fingerprint density at radius 1 is 0.966 bits per heavy atom. The summed E-state index contributed by atoms with van der Waals surface area (Å²) in [4.78, 5) is 28.1. The highest BCUT2D eigenvalue weighted by molar-refractivity contribution is 6.11. The number of hydrogen-bond acceptors (Lipinski definition) is 4. The first-order chi connectivity index (χ1) is 14.0. The number of pyridine rings is 1. The summed E-state index contributed by atoms with van der Waals surface area (Å²) in [5, 5.41) is 15.1. The number of aromatic nitrogens is 1. The molecule has 0 saturated carbocycles. The van der Waals surface area contributed by atoms with E-state index in [-0.39, 0.29) is 22.4 Å². The number of nitro benzene ring substituents is 1. The van der Waals surface area contributed by atoms with Gasteiger partial charge in [-0.3, -0.25) is 19.9 Å². The largest absolute Gasteiger partial charge is 0.320 e. The Labute approximate surface area is 164 Å². The van der Waals surface area contributed by atoms with Crippen LogP contribution in [0.25, 0.3) is 22.0 Å². The Kier molecular flexibility index (Phi) is 4.70.